The fourth-order valence-corrected chi connectivity index (χ4v) is 5.12. The van der Waals surface area contributed by atoms with Crippen LogP contribution in [0.1, 0.15) is 19.3 Å². The zero-order chi connectivity index (χ0) is 15.6. The zero-order valence-corrected chi connectivity index (χ0v) is 13.6. The second-order valence-corrected chi connectivity index (χ2v) is 8.01. The molecule has 0 N–H and O–H groups in total. The summed E-state index contributed by atoms with van der Waals surface area (Å²) in [5, 5.41) is 0. The molecule has 0 bridgehead atoms. The standard InChI is InChI=1S/C15H22N2O4S/c1-20-12-15-6-3-9-21-14(15)5-8-17(11-15)22(18,19)13-4-2-7-16-10-13/h2,4,7,10,14H,3,5-6,8-9,11-12H2,1H3/t14-,15-/m1/s1. The minimum Gasteiger partial charge on any atom is -0.384 e. The SMILES string of the molecule is COC[C@]12CCCO[C@@H]1CCN(S(=O)(=O)c1cccnc1)C2. The lowest BCUT2D eigenvalue weighted by Crippen LogP contribution is -2.57. The number of methoxy groups -OCH3 is 1. The predicted octanol–water partition coefficient (Wildman–Crippen LogP) is 1.29. The van der Waals surface area contributed by atoms with E-state index in [0.29, 0.717) is 26.1 Å². The van der Waals surface area contributed by atoms with Gasteiger partial charge in [-0.1, -0.05) is 0 Å². The van der Waals surface area contributed by atoms with Crippen molar-refractivity contribution in [2.45, 2.75) is 30.3 Å². The van der Waals surface area contributed by atoms with Crippen molar-refractivity contribution in [2.24, 2.45) is 5.41 Å². The van der Waals surface area contributed by atoms with E-state index in [9.17, 15) is 8.42 Å². The molecule has 3 heterocycles. The minimum atomic E-state index is -3.51. The smallest absolute Gasteiger partial charge is 0.244 e. The van der Waals surface area contributed by atoms with E-state index in [2.05, 4.69) is 4.98 Å². The first kappa shape index (κ1) is 15.9. The molecule has 6 nitrogen and oxygen atoms in total. The molecule has 122 valence electrons. The van der Waals surface area contributed by atoms with Crippen LogP contribution in [0, 0.1) is 5.41 Å². The van der Waals surface area contributed by atoms with Crippen LogP contribution in [0.25, 0.3) is 0 Å². The van der Waals surface area contributed by atoms with E-state index in [1.165, 1.54) is 6.20 Å². The fraction of sp³-hybridized carbons (Fsp3) is 0.667. The summed E-state index contributed by atoms with van der Waals surface area (Å²) in [4.78, 5) is 4.17. The van der Waals surface area contributed by atoms with Gasteiger partial charge in [0.25, 0.3) is 0 Å². The van der Waals surface area contributed by atoms with Crippen LogP contribution in [0.15, 0.2) is 29.4 Å². The van der Waals surface area contributed by atoms with Gasteiger partial charge in [0.2, 0.25) is 10.0 Å². The molecular weight excluding hydrogens is 304 g/mol. The maximum atomic E-state index is 12.8. The topological polar surface area (TPSA) is 68.7 Å². The quantitative estimate of drug-likeness (QED) is 0.834. The third-order valence-electron chi connectivity index (χ3n) is 4.66. The van der Waals surface area contributed by atoms with Crippen LogP contribution < -0.4 is 0 Å². The summed E-state index contributed by atoms with van der Waals surface area (Å²) in [6.45, 7) is 2.21. The van der Waals surface area contributed by atoms with Crippen LogP contribution in [0.3, 0.4) is 0 Å². The Bertz CT molecular complexity index is 603. The lowest BCUT2D eigenvalue weighted by molar-refractivity contribution is -0.137. The van der Waals surface area contributed by atoms with Crippen LogP contribution in [0.5, 0.6) is 0 Å². The monoisotopic (exact) mass is 326 g/mol. The first-order valence-electron chi connectivity index (χ1n) is 7.59. The first-order valence-corrected chi connectivity index (χ1v) is 9.03. The third kappa shape index (κ3) is 2.78. The molecule has 2 fully saturated rings. The Hall–Kier alpha value is -1.02. The second-order valence-electron chi connectivity index (χ2n) is 6.07. The van der Waals surface area contributed by atoms with Gasteiger partial charge in [-0.25, -0.2) is 8.42 Å². The van der Waals surface area contributed by atoms with Crippen LogP contribution in [0.2, 0.25) is 0 Å². The average molecular weight is 326 g/mol. The normalized spacial score (nSPS) is 30.0. The van der Waals surface area contributed by atoms with E-state index in [-0.39, 0.29) is 16.4 Å². The summed E-state index contributed by atoms with van der Waals surface area (Å²) in [6.07, 6.45) is 5.66. The van der Waals surface area contributed by atoms with Crippen molar-refractivity contribution in [1.29, 1.82) is 0 Å². The predicted molar refractivity (Wildman–Crippen MR) is 80.9 cm³/mol. The largest absolute Gasteiger partial charge is 0.384 e. The van der Waals surface area contributed by atoms with Gasteiger partial charge in [0.15, 0.2) is 0 Å². The number of fused-ring (bicyclic) bond motifs is 1. The van der Waals surface area contributed by atoms with Gasteiger partial charge in [-0.3, -0.25) is 4.98 Å². The number of hydrogen-bond acceptors (Lipinski definition) is 5. The van der Waals surface area contributed by atoms with Crippen LogP contribution in [0.4, 0.5) is 0 Å². The number of hydrogen-bond donors (Lipinski definition) is 0. The van der Waals surface area contributed by atoms with Gasteiger partial charge in [-0.05, 0) is 31.4 Å². The van der Waals surface area contributed by atoms with E-state index in [4.69, 9.17) is 9.47 Å². The third-order valence-corrected chi connectivity index (χ3v) is 6.49. The summed E-state index contributed by atoms with van der Waals surface area (Å²) in [5.41, 5.74) is -0.236. The molecule has 7 heteroatoms. The maximum absolute atomic E-state index is 12.8. The van der Waals surface area contributed by atoms with Gasteiger partial charge >= 0.3 is 0 Å². The number of ether oxygens (including phenoxy) is 2. The Morgan fingerprint density at radius 3 is 3.14 bits per heavy atom. The van der Waals surface area contributed by atoms with E-state index in [0.717, 1.165) is 19.4 Å². The summed E-state index contributed by atoms with van der Waals surface area (Å²) >= 11 is 0. The van der Waals surface area contributed by atoms with Crippen LogP contribution in [-0.2, 0) is 19.5 Å². The van der Waals surface area contributed by atoms with Gasteiger partial charge in [0.05, 0.1) is 12.7 Å². The molecule has 2 atom stereocenters. The lowest BCUT2D eigenvalue weighted by Gasteiger charge is -2.49. The molecule has 0 aromatic carbocycles. The number of rotatable bonds is 4. The summed E-state index contributed by atoms with van der Waals surface area (Å²) in [5.74, 6) is 0. The van der Waals surface area contributed by atoms with Crippen molar-refractivity contribution >= 4 is 10.0 Å². The molecule has 0 amide bonds. The number of nitrogens with zero attached hydrogens (tertiary/aromatic N) is 2. The number of piperidine rings is 1. The van der Waals surface area contributed by atoms with Gasteiger partial charge in [-0.2, -0.15) is 4.31 Å². The first-order chi connectivity index (χ1) is 10.6. The Morgan fingerprint density at radius 2 is 2.41 bits per heavy atom. The highest BCUT2D eigenvalue weighted by atomic mass is 32.2. The van der Waals surface area contributed by atoms with Crippen molar-refractivity contribution < 1.29 is 17.9 Å². The van der Waals surface area contributed by atoms with Crippen molar-refractivity contribution in [3.63, 3.8) is 0 Å². The van der Waals surface area contributed by atoms with Crippen molar-refractivity contribution in [3.05, 3.63) is 24.5 Å². The van der Waals surface area contributed by atoms with Gasteiger partial charge < -0.3 is 9.47 Å². The van der Waals surface area contributed by atoms with Crippen molar-refractivity contribution in [1.82, 2.24) is 9.29 Å². The highest BCUT2D eigenvalue weighted by Gasteiger charge is 2.48. The van der Waals surface area contributed by atoms with Crippen LogP contribution in [-0.4, -0.2) is 57.2 Å². The maximum Gasteiger partial charge on any atom is 0.244 e. The van der Waals surface area contributed by atoms with Crippen molar-refractivity contribution in [3.8, 4) is 0 Å². The fourth-order valence-electron chi connectivity index (χ4n) is 3.60. The number of sulfonamides is 1. The minimum absolute atomic E-state index is 0.0848. The molecule has 2 aliphatic heterocycles. The van der Waals surface area contributed by atoms with E-state index >= 15 is 0 Å². The van der Waals surface area contributed by atoms with E-state index in [1.54, 1.807) is 29.7 Å². The van der Waals surface area contributed by atoms with Gasteiger partial charge in [0, 0.05) is 44.6 Å². The molecule has 0 spiro atoms. The Labute approximate surface area is 131 Å². The highest BCUT2D eigenvalue weighted by molar-refractivity contribution is 7.89. The molecule has 3 rings (SSSR count). The van der Waals surface area contributed by atoms with E-state index in [1.807, 2.05) is 0 Å². The van der Waals surface area contributed by atoms with Gasteiger partial charge in [0.1, 0.15) is 4.90 Å². The zero-order valence-electron chi connectivity index (χ0n) is 12.8. The Morgan fingerprint density at radius 1 is 1.55 bits per heavy atom. The molecule has 2 aliphatic rings. The molecule has 0 aliphatic carbocycles. The summed E-state index contributed by atoms with van der Waals surface area (Å²) in [7, 11) is -1.85. The Balaban J connectivity index is 1.87. The molecule has 0 radical (unpaired) electrons. The molecule has 2 saturated heterocycles. The van der Waals surface area contributed by atoms with Crippen molar-refractivity contribution in [2.75, 3.05) is 33.4 Å². The van der Waals surface area contributed by atoms with Gasteiger partial charge in [-0.15, -0.1) is 0 Å². The molecule has 0 unspecified atom stereocenters. The lowest BCUT2D eigenvalue weighted by atomic mass is 9.73. The molecule has 0 saturated carbocycles. The average Bonchev–Trinajstić information content (AvgIpc) is 2.55. The van der Waals surface area contributed by atoms with E-state index < -0.39 is 10.0 Å². The van der Waals surface area contributed by atoms with Crippen LogP contribution >= 0.6 is 0 Å². The highest BCUT2D eigenvalue weighted by Crippen LogP contribution is 2.41. The molecule has 1 aromatic heterocycles. The Kier molecular flexibility index (Phi) is 4.49. The number of aromatic nitrogens is 1. The molecule has 22 heavy (non-hydrogen) atoms. The summed E-state index contributed by atoms with van der Waals surface area (Å²) < 4.78 is 38.5. The molecular formula is C15H22N2O4S. The number of pyridine rings is 1. The summed E-state index contributed by atoms with van der Waals surface area (Å²) in [6, 6.07) is 3.24. The second kappa shape index (κ2) is 6.23. The molecule has 1 aromatic rings.